The van der Waals surface area contributed by atoms with Gasteiger partial charge < -0.3 is 10.1 Å². The normalized spacial score (nSPS) is 11.0. The maximum Gasteiger partial charge on any atom is 0.274 e. The van der Waals surface area contributed by atoms with Crippen molar-refractivity contribution in [2.45, 2.75) is 18.7 Å². The molecular weight excluding hydrogens is 434 g/mol. The summed E-state index contributed by atoms with van der Waals surface area (Å²) in [4.78, 5) is 23.0. The van der Waals surface area contributed by atoms with E-state index < -0.39 is 20.9 Å². The second kappa shape index (κ2) is 9.06. The predicted octanol–water partition coefficient (Wildman–Crippen LogP) is 4.27. The summed E-state index contributed by atoms with van der Waals surface area (Å²) in [5, 5.41) is 13.8. The number of hydrogen-bond donors (Lipinski definition) is 2. The van der Waals surface area contributed by atoms with Gasteiger partial charge in [0.1, 0.15) is 5.75 Å². The Morgan fingerprint density at radius 2 is 1.69 bits per heavy atom. The van der Waals surface area contributed by atoms with Crippen LogP contribution >= 0.6 is 0 Å². The van der Waals surface area contributed by atoms with Gasteiger partial charge in [-0.15, -0.1) is 0 Å². The summed E-state index contributed by atoms with van der Waals surface area (Å²) >= 11 is 0. The number of benzene rings is 3. The van der Waals surface area contributed by atoms with Gasteiger partial charge >= 0.3 is 0 Å². The van der Waals surface area contributed by atoms with Gasteiger partial charge in [0.2, 0.25) is 0 Å². The van der Waals surface area contributed by atoms with E-state index in [1.54, 1.807) is 24.3 Å². The number of hydrogen-bond acceptors (Lipinski definition) is 6. The van der Waals surface area contributed by atoms with Gasteiger partial charge in [-0.2, -0.15) is 0 Å². The van der Waals surface area contributed by atoms with Crippen molar-refractivity contribution >= 4 is 33.0 Å². The standard InChI is InChI=1S/C22H21N3O6S/c1-14-7-9-16(10-8-14)22(26)23-19-13-17(11-12-21(19)31-3)32(29,30)24-18-5-4-6-20(15(18)2)25(27)28/h4-13,24H,1-3H3,(H,23,26). The van der Waals surface area contributed by atoms with Gasteiger partial charge in [0.25, 0.3) is 21.6 Å². The molecule has 0 aliphatic rings. The van der Waals surface area contributed by atoms with Gasteiger partial charge in [-0.25, -0.2) is 8.42 Å². The molecule has 0 radical (unpaired) electrons. The van der Waals surface area contributed by atoms with Gasteiger partial charge in [-0.3, -0.25) is 19.6 Å². The number of nitro groups is 1. The number of nitrogens with zero attached hydrogens (tertiary/aromatic N) is 1. The molecule has 0 aliphatic carbocycles. The number of rotatable bonds is 7. The van der Waals surface area contributed by atoms with Crippen LogP contribution in [0.3, 0.4) is 0 Å². The minimum absolute atomic E-state index is 0.0836. The molecule has 0 saturated carbocycles. The molecule has 0 fully saturated rings. The van der Waals surface area contributed by atoms with Crippen molar-refractivity contribution in [2.24, 2.45) is 0 Å². The zero-order valence-electron chi connectivity index (χ0n) is 17.6. The number of nitro benzene ring substituents is 1. The summed E-state index contributed by atoms with van der Waals surface area (Å²) in [6.45, 7) is 3.35. The van der Waals surface area contributed by atoms with Crippen molar-refractivity contribution in [3.63, 3.8) is 0 Å². The molecule has 3 rings (SSSR count). The van der Waals surface area contributed by atoms with Crippen molar-refractivity contribution in [1.29, 1.82) is 0 Å². The third-order valence-corrected chi connectivity index (χ3v) is 6.15. The van der Waals surface area contributed by atoms with E-state index in [0.29, 0.717) is 5.56 Å². The fraction of sp³-hybridized carbons (Fsp3) is 0.136. The molecule has 0 bridgehead atoms. The summed E-state index contributed by atoms with van der Waals surface area (Å²) in [6, 6.07) is 15.0. The number of carbonyl (C=O) groups is 1. The Morgan fingerprint density at radius 1 is 1.00 bits per heavy atom. The second-order valence-corrected chi connectivity index (χ2v) is 8.68. The topological polar surface area (TPSA) is 128 Å². The van der Waals surface area contributed by atoms with E-state index in [0.717, 1.165) is 5.56 Å². The first kappa shape index (κ1) is 22.8. The quantitative estimate of drug-likeness (QED) is 0.404. The largest absolute Gasteiger partial charge is 0.495 e. The molecule has 0 saturated heterocycles. The Balaban J connectivity index is 1.93. The Labute approximate surface area is 185 Å². The molecule has 2 N–H and O–H groups in total. The average molecular weight is 455 g/mol. The molecule has 9 nitrogen and oxygen atoms in total. The number of carbonyl (C=O) groups excluding carboxylic acids is 1. The Kier molecular flexibility index (Phi) is 6.45. The van der Waals surface area contributed by atoms with Crippen LogP contribution in [0.4, 0.5) is 17.1 Å². The molecule has 0 aromatic heterocycles. The summed E-state index contributed by atoms with van der Waals surface area (Å²) in [7, 11) is -2.71. The SMILES string of the molecule is COc1ccc(S(=O)(=O)Nc2cccc([N+](=O)[O-])c2C)cc1NC(=O)c1ccc(C)cc1. The van der Waals surface area contributed by atoms with Crippen LogP contribution in [-0.4, -0.2) is 26.4 Å². The Bertz CT molecular complexity index is 1290. The average Bonchev–Trinajstić information content (AvgIpc) is 2.75. The highest BCUT2D eigenvalue weighted by molar-refractivity contribution is 7.92. The van der Waals surface area contributed by atoms with Crippen LogP contribution < -0.4 is 14.8 Å². The molecule has 0 spiro atoms. The molecular formula is C22H21N3O6S. The van der Waals surface area contributed by atoms with Gasteiger partial charge in [-0.05, 0) is 50.2 Å². The highest BCUT2D eigenvalue weighted by Crippen LogP contribution is 2.31. The van der Waals surface area contributed by atoms with E-state index in [-0.39, 0.29) is 33.3 Å². The van der Waals surface area contributed by atoms with Crippen LogP contribution in [0, 0.1) is 24.0 Å². The lowest BCUT2D eigenvalue weighted by molar-refractivity contribution is -0.385. The van der Waals surface area contributed by atoms with Crippen molar-refractivity contribution in [2.75, 3.05) is 17.1 Å². The number of nitrogens with one attached hydrogen (secondary N) is 2. The van der Waals surface area contributed by atoms with Crippen molar-refractivity contribution in [1.82, 2.24) is 0 Å². The molecule has 32 heavy (non-hydrogen) atoms. The van der Waals surface area contributed by atoms with Crippen LogP contribution in [0.25, 0.3) is 0 Å². The maximum absolute atomic E-state index is 12.9. The highest BCUT2D eigenvalue weighted by Gasteiger charge is 2.21. The second-order valence-electron chi connectivity index (χ2n) is 6.99. The van der Waals surface area contributed by atoms with Crippen molar-refractivity contribution in [3.8, 4) is 5.75 Å². The lowest BCUT2D eigenvalue weighted by atomic mass is 10.1. The molecule has 0 heterocycles. The molecule has 166 valence electrons. The molecule has 3 aromatic rings. The molecule has 3 aromatic carbocycles. The van der Waals surface area contributed by atoms with Gasteiger partial charge in [0.15, 0.2) is 0 Å². The minimum Gasteiger partial charge on any atom is -0.495 e. The molecule has 0 aliphatic heterocycles. The van der Waals surface area contributed by atoms with Crippen molar-refractivity contribution in [3.05, 3.63) is 87.5 Å². The lowest BCUT2D eigenvalue weighted by Gasteiger charge is -2.14. The van der Waals surface area contributed by atoms with E-state index in [9.17, 15) is 23.3 Å². The third kappa shape index (κ3) is 4.86. The number of ether oxygens (including phenoxy) is 1. The van der Waals surface area contributed by atoms with E-state index >= 15 is 0 Å². The molecule has 0 atom stereocenters. The highest BCUT2D eigenvalue weighted by atomic mass is 32.2. The lowest BCUT2D eigenvalue weighted by Crippen LogP contribution is -2.16. The van der Waals surface area contributed by atoms with Crippen LogP contribution in [0.2, 0.25) is 0 Å². The summed E-state index contributed by atoms with van der Waals surface area (Å²) in [5.41, 5.74) is 1.62. The predicted molar refractivity (Wildman–Crippen MR) is 121 cm³/mol. The first-order chi connectivity index (χ1) is 15.1. The molecule has 0 unspecified atom stereocenters. The molecule has 1 amide bonds. The van der Waals surface area contributed by atoms with Crippen molar-refractivity contribution < 1.29 is 22.9 Å². The Hall–Kier alpha value is -3.92. The van der Waals surface area contributed by atoms with Crippen LogP contribution in [0.15, 0.2) is 65.6 Å². The van der Waals surface area contributed by atoms with E-state index in [1.165, 1.54) is 50.4 Å². The number of methoxy groups -OCH3 is 1. The first-order valence-corrected chi connectivity index (χ1v) is 10.9. The fourth-order valence-electron chi connectivity index (χ4n) is 2.99. The van der Waals surface area contributed by atoms with Crippen LogP contribution in [0.1, 0.15) is 21.5 Å². The van der Waals surface area contributed by atoms with Crippen LogP contribution in [-0.2, 0) is 10.0 Å². The van der Waals surface area contributed by atoms with Gasteiger partial charge in [0.05, 0.1) is 33.9 Å². The summed E-state index contributed by atoms with van der Waals surface area (Å²) in [6.07, 6.45) is 0. The van der Waals surface area contributed by atoms with E-state index in [4.69, 9.17) is 4.74 Å². The zero-order valence-corrected chi connectivity index (χ0v) is 18.4. The zero-order chi connectivity index (χ0) is 23.5. The first-order valence-electron chi connectivity index (χ1n) is 9.45. The summed E-state index contributed by atoms with van der Waals surface area (Å²) < 4.78 is 33.5. The maximum atomic E-state index is 12.9. The minimum atomic E-state index is -4.11. The number of aryl methyl sites for hydroxylation is 1. The van der Waals surface area contributed by atoms with E-state index in [2.05, 4.69) is 10.0 Å². The van der Waals surface area contributed by atoms with Crippen LogP contribution in [0.5, 0.6) is 5.75 Å². The number of anilines is 2. The number of amides is 1. The van der Waals surface area contributed by atoms with E-state index in [1.807, 2.05) is 6.92 Å². The fourth-order valence-corrected chi connectivity index (χ4v) is 4.14. The smallest absolute Gasteiger partial charge is 0.274 e. The monoisotopic (exact) mass is 455 g/mol. The number of sulfonamides is 1. The summed E-state index contributed by atoms with van der Waals surface area (Å²) in [5.74, 6) is -0.156. The Morgan fingerprint density at radius 3 is 2.31 bits per heavy atom. The third-order valence-electron chi connectivity index (χ3n) is 4.79. The molecule has 10 heteroatoms. The van der Waals surface area contributed by atoms with Gasteiger partial charge in [0, 0.05) is 11.6 Å². The van der Waals surface area contributed by atoms with Gasteiger partial charge in [-0.1, -0.05) is 23.8 Å².